The molecule has 0 aromatic carbocycles. The van der Waals surface area contributed by atoms with E-state index in [4.69, 9.17) is 0 Å². The zero-order chi connectivity index (χ0) is 7.49. The molecule has 0 saturated carbocycles. The van der Waals surface area contributed by atoms with Crippen LogP contribution in [0.5, 0.6) is 0 Å². The third kappa shape index (κ3) is 8.07. The van der Waals surface area contributed by atoms with E-state index in [1.165, 1.54) is 0 Å². The van der Waals surface area contributed by atoms with Crippen LogP contribution in [0.25, 0.3) is 0 Å². The van der Waals surface area contributed by atoms with Crippen LogP contribution >= 0.6 is 0 Å². The molecule has 0 heterocycles. The van der Waals surface area contributed by atoms with E-state index in [9.17, 15) is 8.76 Å². The van der Waals surface area contributed by atoms with Crippen molar-refractivity contribution in [1.82, 2.24) is 5.32 Å². The first-order valence-electron chi connectivity index (χ1n) is 2.73. The summed E-state index contributed by atoms with van der Waals surface area (Å²) in [6, 6.07) is 0. The molecule has 0 bridgehead atoms. The van der Waals surface area contributed by atoms with Crippen molar-refractivity contribution in [3.8, 4) is 0 Å². The lowest BCUT2D eigenvalue weighted by Gasteiger charge is -2.20. The van der Waals surface area contributed by atoms with Crippen LogP contribution in [0.15, 0.2) is 0 Å². The van der Waals surface area contributed by atoms with Crippen molar-refractivity contribution in [3.63, 3.8) is 0 Å². The molecule has 1 unspecified atom stereocenters. The lowest BCUT2D eigenvalue weighted by atomic mass is 10.1. The molecule has 3 nitrogen and oxygen atoms in total. The average Bonchev–Trinajstić information content (AvgIpc) is 1.59. The Labute approximate surface area is 58.1 Å². The minimum Gasteiger partial charge on any atom is -0.771 e. The molecule has 0 aromatic rings. The molecule has 1 atom stereocenters. The van der Waals surface area contributed by atoms with Crippen LogP contribution in [-0.2, 0) is 11.1 Å². The Balaban J connectivity index is 3.39. The number of nitrogens with one attached hydrogen (secondary N) is 1. The van der Waals surface area contributed by atoms with E-state index in [-0.39, 0.29) is 11.4 Å². The lowest BCUT2D eigenvalue weighted by Crippen LogP contribution is -2.37. The van der Waals surface area contributed by atoms with Gasteiger partial charge in [-0.3, -0.25) is 4.21 Å². The van der Waals surface area contributed by atoms with Crippen LogP contribution in [0.4, 0.5) is 0 Å². The van der Waals surface area contributed by atoms with Crippen molar-refractivity contribution in [3.05, 3.63) is 0 Å². The first kappa shape index (κ1) is 9.07. The molecule has 1 N–H and O–H groups in total. The van der Waals surface area contributed by atoms with Crippen LogP contribution in [0.1, 0.15) is 20.8 Å². The van der Waals surface area contributed by atoms with Gasteiger partial charge in [-0.1, -0.05) is 0 Å². The van der Waals surface area contributed by atoms with Gasteiger partial charge in [0.1, 0.15) is 0 Å². The van der Waals surface area contributed by atoms with Crippen LogP contribution in [-0.4, -0.2) is 20.2 Å². The molecule has 0 rings (SSSR count). The Morgan fingerprint density at radius 2 is 2.00 bits per heavy atom. The predicted molar refractivity (Wildman–Crippen MR) is 36.7 cm³/mol. The summed E-state index contributed by atoms with van der Waals surface area (Å²) in [4.78, 5) is 0. The van der Waals surface area contributed by atoms with Gasteiger partial charge in [-0.15, -0.1) is 0 Å². The molecule has 0 aliphatic rings. The van der Waals surface area contributed by atoms with Gasteiger partial charge in [0.15, 0.2) is 0 Å². The highest BCUT2D eigenvalue weighted by Gasteiger charge is 2.06. The molecular weight excluding hydrogens is 138 g/mol. The van der Waals surface area contributed by atoms with E-state index < -0.39 is 11.1 Å². The molecule has 0 spiro atoms. The van der Waals surface area contributed by atoms with E-state index in [0.717, 1.165) is 0 Å². The van der Waals surface area contributed by atoms with Gasteiger partial charge < -0.3 is 9.87 Å². The van der Waals surface area contributed by atoms with Crippen LogP contribution in [0.3, 0.4) is 0 Å². The summed E-state index contributed by atoms with van der Waals surface area (Å²) in [5, 5.41) is 2.81. The summed E-state index contributed by atoms with van der Waals surface area (Å²) in [7, 11) is 0. The highest BCUT2D eigenvalue weighted by Crippen LogP contribution is 1.96. The molecule has 4 heteroatoms. The highest BCUT2D eigenvalue weighted by atomic mass is 32.2. The normalized spacial score (nSPS) is 15.6. The minimum absolute atomic E-state index is 0.0312. The Bertz CT molecular complexity index is 108. The summed E-state index contributed by atoms with van der Waals surface area (Å²) in [6.45, 7) is 5.75. The molecule has 0 fully saturated rings. The standard InChI is InChI=1S/C5H13NO2S/c1-5(2,3)6-4-9(7)8/h6H,4H2,1-3H3,(H,7,8)/p-1. The maximum absolute atomic E-state index is 9.98. The largest absolute Gasteiger partial charge is 0.771 e. The molecule has 0 aliphatic carbocycles. The molecule has 0 saturated heterocycles. The second-order valence-electron chi connectivity index (χ2n) is 2.87. The summed E-state index contributed by atoms with van der Waals surface area (Å²) >= 11 is -1.97. The van der Waals surface area contributed by atoms with E-state index >= 15 is 0 Å². The van der Waals surface area contributed by atoms with Gasteiger partial charge in [0.05, 0.1) is 5.88 Å². The van der Waals surface area contributed by atoms with Crippen molar-refractivity contribution < 1.29 is 8.76 Å². The van der Waals surface area contributed by atoms with Crippen molar-refractivity contribution in [2.45, 2.75) is 26.3 Å². The smallest absolute Gasteiger partial charge is 0.0592 e. The quantitative estimate of drug-likeness (QED) is 0.572. The molecule has 0 amide bonds. The number of hydrogen-bond donors (Lipinski definition) is 1. The summed E-state index contributed by atoms with van der Waals surface area (Å²) < 4.78 is 20.0. The van der Waals surface area contributed by atoms with E-state index in [2.05, 4.69) is 5.32 Å². The Morgan fingerprint density at radius 3 is 2.11 bits per heavy atom. The van der Waals surface area contributed by atoms with Crippen LogP contribution in [0, 0.1) is 0 Å². The zero-order valence-corrected chi connectivity index (χ0v) is 6.75. The van der Waals surface area contributed by atoms with E-state index in [1.807, 2.05) is 20.8 Å². The number of hydrogen-bond acceptors (Lipinski definition) is 3. The van der Waals surface area contributed by atoms with Crippen molar-refractivity contribution in [2.24, 2.45) is 0 Å². The van der Waals surface area contributed by atoms with Crippen LogP contribution in [0.2, 0.25) is 0 Å². The van der Waals surface area contributed by atoms with Crippen LogP contribution < -0.4 is 5.32 Å². The fraction of sp³-hybridized carbons (Fsp3) is 1.00. The third-order valence-corrected chi connectivity index (χ3v) is 1.10. The number of rotatable bonds is 2. The predicted octanol–water partition coefficient (Wildman–Crippen LogP) is 0.211. The maximum atomic E-state index is 9.98. The van der Waals surface area contributed by atoms with Crippen molar-refractivity contribution >= 4 is 11.1 Å². The fourth-order valence-electron chi connectivity index (χ4n) is 0.275. The lowest BCUT2D eigenvalue weighted by molar-refractivity contribution is 0.444. The molecular formula is C5H12NO2S-. The summed E-state index contributed by atoms with van der Waals surface area (Å²) in [5.41, 5.74) is -0.111. The Hall–Kier alpha value is 0.0700. The molecule has 0 aliphatic heterocycles. The van der Waals surface area contributed by atoms with Gasteiger partial charge in [-0.05, 0) is 31.9 Å². The fourth-order valence-corrected chi connectivity index (χ4v) is 0.826. The third-order valence-electron chi connectivity index (χ3n) is 0.720. The minimum atomic E-state index is -1.97. The topological polar surface area (TPSA) is 52.2 Å². The summed E-state index contributed by atoms with van der Waals surface area (Å²) in [5.74, 6) is 0.0312. The van der Waals surface area contributed by atoms with Gasteiger partial charge in [-0.2, -0.15) is 0 Å². The van der Waals surface area contributed by atoms with Gasteiger partial charge in [0, 0.05) is 5.54 Å². The van der Waals surface area contributed by atoms with E-state index in [0.29, 0.717) is 0 Å². The van der Waals surface area contributed by atoms with Crippen molar-refractivity contribution in [1.29, 1.82) is 0 Å². The van der Waals surface area contributed by atoms with E-state index in [1.54, 1.807) is 0 Å². The first-order valence-corrected chi connectivity index (χ1v) is 3.97. The van der Waals surface area contributed by atoms with Gasteiger partial charge in [0.25, 0.3) is 0 Å². The maximum Gasteiger partial charge on any atom is 0.0592 e. The zero-order valence-electron chi connectivity index (χ0n) is 5.93. The second-order valence-corrected chi connectivity index (χ2v) is 3.77. The van der Waals surface area contributed by atoms with Gasteiger partial charge in [0.2, 0.25) is 0 Å². The van der Waals surface area contributed by atoms with Gasteiger partial charge >= 0.3 is 0 Å². The monoisotopic (exact) mass is 150 g/mol. The SMILES string of the molecule is CC(C)(C)NCS(=O)[O-]. The second kappa shape index (κ2) is 3.29. The summed E-state index contributed by atoms with van der Waals surface area (Å²) in [6.07, 6.45) is 0. The average molecular weight is 150 g/mol. The molecule has 0 radical (unpaired) electrons. The van der Waals surface area contributed by atoms with Gasteiger partial charge in [-0.25, -0.2) is 0 Å². The Kier molecular flexibility index (Phi) is 3.32. The van der Waals surface area contributed by atoms with Crippen molar-refractivity contribution in [2.75, 3.05) is 5.88 Å². The molecule has 9 heavy (non-hydrogen) atoms. The first-order chi connectivity index (χ1) is 3.92. The Morgan fingerprint density at radius 1 is 1.56 bits per heavy atom. The molecule has 0 aromatic heterocycles. The molecule has 56 valence electrons. The highest BCUT2D eigenvalue weighted by molar-refractivity contribution is 7.79.